The molecule has 0 radical (unpaired) electrons. The molecular weight excluding hydrogens is 174 g/mol. The molecule has 0 unspecified atom stereocenters. The summed E-state index contributed by atoms with van der Waals surface area (Å²) >= 11 is 0. The van der Waals surface area contributed by atoms with Gasteiger partial charge in [0.1, 0.15) is 0 Å². The third-order valence-corrected chi connectivity index (χ3v) is 1.24. The molecule has 0 saturated heterocycles. The zero-order chi connectivity index (χ0) is 9.68. The van der Waals surface area contributed by atoms with Crippen molar-refractivity contribution in [2.45, 2.75) is 13.3 Å². The van der Waals surface area contributed by atoms with Gasteiger partial charge in [0.05, 0.1) is 12.7 Å². The third kappa shape index (κ3) is 2.66. The van der Waals surface area contributed by atoms with Crippen LogP contribution in [0, 0.1) is 10.1 Å². The molecule has 1 heterocycles. The highest BCUT2D eigenvalue weighted by Gasteiger charge is 2.10. The average molecular weight is 183 g/mol. The van der Waals surface area contributed by atoms with Gasteiger partial charge in [0.15, 0.2) is 0 Å². The van der Waals surface area contributed by atoms with E-state index in [4.69, 9.17) is 4.74 Å². The van der Waals surface area contributed by atoms with Crippen LogP contribution in [0.15, 0.2) is 12.3 Å². The zero-order valence-electron chi connectivity index (χ0n) is 7.14. The summed E-state index contributed by atoms with van der Waals surface area (Å²) in [5, 5.41) is 10.3. The fraction of sp³-hybridized carbons (Fsp3) is 0.429. The molecule has 0 aromatic carbocycles. The first-order chi connectivity index (χ1) is 6.24. The maximum Gasteiger partial charge on any atom is 0.433 e. The Kier molecular flexibility index (Phi) is 3.13. The van der Waals surface area contributed by atoms with Crippen LogP contribution in [0.5, 0.6) is 6.01 Å². The summed E-state index contributed by atoms with van der Waals surface area (Å²) in [5.41, 5.74) is 0. The van der Waals surface area contributed by atoms with E-state index in [1.54, 1.807) is 0 Å². The van der Waals surface area contributed by atoms with E-state index < -0.39 is 4.92 Å². The molecule has 0 aliphatic heterocycles. The summed E-state index contributed by atoms with van der Waals surface area (Å²) in [7, 11) is 0. The molecule has 6 heteroatoms. The Morgan fingerprint density at radius 1 is 1.69 bits per heavy atom. The topological polar surface area (TPSA) is 78.2 Å². The Balaban J connectivity index is 2.73. The molecule has 6 nitrogen and oxygen atoms in total. The van der Waals surface area contributed by atoms with Crippen LogP contribution < -0.4 is 4.74 Å². The lowest BCUT2D eigenvalue weighted by molar-refractivity contribution is -0.389. The molecule has 0 atom stereocenters. The number of hydrogen-bond donors (Lipinski definition) is 0. The Morgan fingerprint density at radius 2 is 2.46 bits per heavy atom. The fourth-order valence-corrected chi connectivity index (χ4v) is 0.696. The van der Waals surface area contributed by atoms with E-state index in [1.807, 2.05) is 6.92 Å². The van der Waals surface area contributed by atoms with Crippen molar-refractivity contribution in [1.82, 2.24) is 9.97 Å². The van der Waals surface area contributed by atoms with Crippen LogP contribution in [0.3, 0.4) is 0 Å². The van der Waals surface area contributed by atoms with Gasteiger partial charge in [-0.25, -0.2) is 0 Å². The minimum Gasteiger partial charge on any atom is -0.445 e. The second-order valence-electron chi connectivity index (χ2n) is 2.30. The number of nitrogens with zero attached hydrogens (tertiary/aromatic N) is 3. The van der Waals surface area contributed by atoms with Gasteiger partial charge in [-0.2, -0.15) is 4.98 Å². The standard InChI is InChI=1S/C7H9N3O3/c1-2-5-13-7-8-4-3-6(9-7)10(11)12/h3-4H,2,5H2,1H3. The van der Waals surface area contributed by atoms with E-state index in [2.05, 4.69) is 9.97 Å². The molecule has 0 spiro atoms. The molecule has 1 aromatic heterocycles. The van der Waals surface area contributed by atoms with E-state index >= 15 is 0 Å². The highest BCUT2D eigenvalue weighted by Crippen LogP contribution is 2.09. The van der Waals surface area contributed by atoms with Gasteiger partial charge in [0.2, 0.25) is 0 Å². The maximum absolute atomic E-state index is 10.3. The minimum absolute atomic E-state index is 0.0519. The highest BCUT2D eigenvalue weighted by atomic mass is 16.6. The number of ether oxygens (including phenoxy) is 1. The van der Waals surface area contributed by atoms with Crippen LogP contribution in [-0.2, 0) is 0 Å². The van der Waals surface area contributed by atoms with Crippen LogP contribution >= 0.6 is 0 Å². The monoisotopic (exact) mass is 183 g/mol. The Hall–Kier alpha value is -1.72. The fourth-order valence-electron chi connectivity index (χ4n) is 0.696. The molecule has 1 aromatic rings. The van der Waals surface area contributed by atoms with Crippen LogP contribution in [0.4, 0.5) is 5.82 Å². The van der Waals surface area contributed by atoms with Gasteiger partial charge in [0.25, 0.3) is 0 Å². The average Bonchev–Trinajstić information content (AvgIpc) is 2.15. The van der Waals surface area contributed by atoms with Crippen molar-refractivity contribution in [3.63, 3.8) is 0 Å². The number of rotatable bonds is 4. The second kappa shape index (κ2) is 4.34. The Morgan fingerprint density at radius 3 is 3.08 bits per heavy atom. The first kappa shape index (κ1) is 9.37. The van der Waals surface area contributed by atoms with Crippen molar-refractivity contribution in [2.75, 3.05) is 6.61 Å². The van der Waals surface area contributed by atoms with Crippen molar-refractivity contribution in [2.24, 2.45) is 0 Å². The molecule has 0 aliphatic rings. The summed E-state index contributed by atoms with van der Waals surface area (Å²) in [6.45, 7) is 2.39. The predicted molar refractivity (Wildman–Crippen MR) is 44.5 cm³/mol. The molecule has 70 valence electrons. The SMILES string of the molecule is CCCOc1nccc([N+](=O)[O-])n1. The smallest absolute Gasteiger partial charge is 0.433 e. The summed E-state index contributed by atoms with van der Waals surface area (Å²) in [6, 6.07) is 1.27. The first-order valence-electron chi connectivity index (χ1n) is 3.84. The van der Waals surface area contributed by atoms with E-state index in [0.29, 0.717) is 6.61 Å². The molecule has 0 fully saturated rings. The number of nitro groups is 1. The largest absolute Gasteiger partial charge is 0.445 e. The first-order valence-corrected chi connectivity index (χ1v) is 3.84. The molecule has 0 amide bonds. The van der Waals surface area contributed by atoms with Crippen LogP contribution in [-0.4, -0.2) is 21.5 Å². The van der Waals surface area contributed by atoms with Gasteiger partial charge < -0.3 is 14.9 Å². The molecular formula is C7H9N3O3. The summed E-state index contributed by atoms with van der Waals surface area (Å²) < 4.78 is 5.02. The summed E-state index contributed by atoms with van der Waals surface area (Å²) in [5.74, 6) is -0.249. The lowest BCUT2D eigenvalue weighted by atomic mass is 10.5. The van der Waals surface area contributed by atoms with Crippen molar-refractivity contribution < 1.29 is 9.66 Å². The highest BCUT2D eigenvalue weighted by molar-refractivity contribution is 5.17. The molecule has 13 heavy (non-hydrogen) atoms. The van der Waals surface area contributed by atoms with Gasteiger partial charge in [-0.05, 0) is 11.3 Å². The number of aromatic nitrogens is 2. The summed E-state index contributed by atoms with van der Waals surface area (Å²) in [6.07, 6.45) is 2.11. The van der Waals surface area contributed by atoms with Crippen molar-refractivity contribution in [1.29, 1.82) is 0 Å². The summed E-state index contributed by atoms with van der Waals surface area (Å²) in [4.78, 5) is 17.0. The van der Waals surface area contributed by atoms with Crippen molar-refractivity contribution >= 4 is 5.82 Å². The van der Waals surface area contributed by atoms with Gasteiger partial charge in [0, 0.05) is 11.2 Å². The predicted octanol–water partition coefficient (Wildman–Crippen LogP) is 1.17. The minimum atomic E-state index is -0.583. The van der Waals surface area contributed by atoms with Crippen molar-refractivity contribution in [3.8, 4) is 6.01 Å². The van der Waals surface area contributed by atoms with Gasteiger partial charge in [-0.3, -0.25) is 0 Å². The number of hydrogen-bond acceptors (Lipinski definition) is 5. The lowest BCUT2D eigenvalue weighted by Crippen LogP contribution is -2.01. The molecule has 0 saturated carbocycles. The Bertz CT molecular complexity index is 303. The van der Waals surface area contributed by atoms with Gasteiger partial charge >= 0.3 is 11.8 Å². The quantitative estimate of drug-likeness (QED) is 0.517. The lowest BCUT2D eigenvalue weighted by Gasteiger charge is -1.96. The van der Waals surface area contributed by atoms with Crippen LogP contribution in [0.1, 0.15) is 13.3 Å². The van der Waals surface area contributed by atoms with E-state index in [0.717, 1.165) is 6.42 Å². The van der Waals surface area contributed by atoms with E-state index in [9.17, 15) is 10.1 Å². The molecule has 0 bridgehead atoms. The van der Waals surface area contributed by atoms with E-state index in [-0.39, 0.29) is 11.8 Å². The van der Waals surface area contributed by atoms with Crippen LogP contribution in [0.2, 0.25) is 0 Å². The van der Waals surface area contributed by atoms with Crippen molar-refractivity contribution in [3.05, 3.63) is 22.4 Å². The van der Waals surface area contributed by atoms with Crippen LogP contribution in [0.25, 0.3) is 0 Å². The molecule has 0 N–H and O–H groups in total. The zero-order valence-corrected chi connectivity index (χ0v) is 7.14. The van der Waals surface area contributed by atoms with E-state index in [1.165, 1.54) is 12.3 Å². The van der Waals surface area contributed by atoms with Gasteiger partial charge in [-0.15, -0.1) is 0 Å². The second-order valence-corrected chi connectivity index (χ2v) is 2.30. The third-order valence-electron chi connectivity index (χ3n) is 1.24. The molecule has 0 aliphatic carbocycles. The maximum atomic E-state index is 10.3. The Labute approximate surface area is 74.7 Å². The normalized spacial score (nSPS) is 9.62. The van der Waals surface area contributed by atoms with Gasteiger partial charge in [-0.1, -0.05) is 6.92 Å². The molecule has 1 rings (SSSR count).